The zero-order chi connectivity index (χ0) is 15.7. The molecule has 0 spiro atoms. The first kappa shape index (κ1) is 17.4. The molecule has 1 amide bonds. The van der Waals surface area contributed by atoms with Crippen molar-refractivity contribution < 1.29 is 18.7 Å². The summed E-state index contributed by atoms with van der Waals surface area (Å²) in [5, 5.41) is 3.14. The van der Waals surface area contributed by atoms with Gasteiger partial charge in [-0.25, -0.2) is 4.39 Å². The summed E-state index contributed by atoms with van der Waals surface area (Å²) < 4.78 is 23.9. The maximum Gasteiger partial charge on any atom is 0.225 e. The highest BCUT2D eigenvalue weighted by molar-refractivity contribution is 5.75. The number of hydrogen-bond acceptors (Lipinski definition) is 4. The Bertz CT molecular complexity index is 453. The van der Waals surface area contributed by atoms with Gasteiger partial charge in [-0.1, -0.05) is 0 Å². The van der Waals surface area contributed by atoms with Gasteiger partial charge in [0, 0.05) is 40.4 Å². The van der Waals surface area contributed by atoms with Crippen molar-refractivity contribution in [1.82, 2.24) is 10.2 Å². The normalized spacial score (nSPS) is 10.5. The molecular weight excluding hydrogens is 275 g/mol. The molecule has 0 aliphatic carbocycles. The average molecular weight is 298 g/mol. The van der Waals surface area contributed by atoms with Crippen molar-refractivity contribution >= 4 is 5.91 Å². The molecule has 0 aromatic heterocycles. The number of carbonyl (C=O) groups is 1. The largest absolute Gasteiger partial charge is 0.493 e. The third kappa shape index (κ3) is 7.06. The van der Waals surface area contributed by atoms with Gasteiger partial charge in [0.05, 0.1) is 19.6 Å². The molecule has 118 valence electrons. The Hall–Kier alpha value is -1.66. The summed E-state index contributed by atoms with van der Waals surface area (Å²) in [5.74, 6) is 0.0629. The molecule has 0 unspecified atom stereocenters. The van der Waals surface area contributed by atoms with Gasteiger partial charge in [-0.3, -0.25) is 4.79 Å². The zero-order valence-electron chi connectivity index (χ0n) is 12.8. The Labute approximate surface area is 125 Å². The van der Waals surface area contributed by atoms with Crippen LogP contribution < -0.4 is 10.1 Å². The lowest BCUT2D eigenvalue weighted by molar-refractivity contribution is -0.129. The topological polar surface area (TPSA) is 50.8 Å². The number of amides is 1. The standard InChI is InChI=1S/C15H23FN2O3/c1-18(2)15(19)4-6-21-14-9-12(8-13(16)10-14)11-17-5-7-20-3/h8-10,17H,4-7,11H2,1-3H3. The molecule has 1 aromatic rings. The van der Waals surface area contributed by atoms with Crippen molar-refractivity contribution in [3.05, 3.63) is 29.6 Å². The Morgan fingerprint density at radius 2 is 2.05 bits per heavy atom. The minimum atomic E-state index is -0.352. The lowest BCUT2D eigenvalue weighted by Gasteiger charge is -2.12. The minimum absolute atomic E-state index is 0.0205. The number of nitrogens with one attached hydrogen (secondary N) is 1. The molecule has 0 bridgehead atoms. The van der Waals surface area contributed by atoms with Gasteiger partial charge in [0.2, 0.25) is 5.91 Å². The van der Waals surface area contributed by atoms with Gasteiger partial charge in [-0.05, 0) is 17.7 Å². The van der Waals surface area contributed by atoms with E-state index < -0.39 is 0 Å². The molecule has 0 aliphatic heterocycles. The summed E-state index contributed by atoms with van der Waals surface area (Å²) in [6.07, 6.45) is 0.269. The molecular formula is C15H23FN2O3. The minimum Gasteiger partial charge on any atom is -0.493 e. The van der Waals surface area contributed by atoms with Crippen molar-refractivity contribution in [2.24, 2.45) is 0 Å². The predicted octanol–water partition coefficient (Wildman–Crippen LogP) is 1.42. The van der Waals surface area contributed by atoms with E-state index >= 15 is 0 Å². The second-order valence-corrected chi connectivity index (χ2v) is 4.85. The Morgan fingerprint density at radius 1 is 1.29 bits per heavy atom. The summed E-state index contributed by atoms with van der Waals surface area (Å²) in [6.45, 7) is 2.07. The van der Waals surface area contributed by atoms with Crippen molar-refractivity contribution in [3.8, 4) is 5.75 Å². The van der Waals surface area contributed by atoms with Crippen molar-refractivity contribution in [1.29, 1.82) is 0 Å². The van der Waals surface area contributed by atoms with Crippen LogP contribution in [0.5, 0.6) is 5.75 Å². The van der Waals surface area contributed by atoms with Crippen LogP contribution in [0.1, 0.15) is 12.0 Å². The molecule has 0 aliphatic rings. The molecule has 0 atom stereocenters. The van der Waals surface area contributed by atoms with Crippen LogP contribution in [0.25, 0.3) is 0 Å². The number of halogens is 1. The van der Waals surface area contributed by atoms with E-state index in [0.29, 0.717) is 25.4 Å². The SMILES string of the molecule is COCCNCc1cc(F)cc(OCCC(=O)N(C)C)c1. The van der Waals surface area contributed by atoms with Gasteiger partial charge in [-0.2, -0.15) is 0 Å². The summed E-state index contributed by atoms with van der Waals surface area (Å²) in [6, 6.07) is 4.54. The van der Waals surface area contributed by atoms with Crippen LogP contribution in [0, 0.1) is 5.82 Å². The van der Waals surface area contributed by atoms with Crippen LogP contribution in [0.4, 0.5) is 4.39 Å². The first-order valence-corrected chi connectivity index (χ1v) is 6.85. The summed E-state index contributed by atoms with van der Waals surface area (Å²) in [5.41, 5.74) is 0.792. The maximum absolute atomic E-state index is 13.5. The Morgan fingerprint density at radius 3 is 2.71 bits per heavy atom. The molecule has 0 heterocycles. The van der Waals surface area contributed by atoms with Gasteiger partial charge in [0.1, 0.15) is 11.6 Å². The second-order valence-electron chi connectivity index (χ2n) is 4.85. The van der Waals surface area contributed by atoms with E-state index in [1.807, 2.05) is 0 Å². The van der Waals surface area contributed by atoms with Crippen molar-refractivity contribution in [2.75, 3.05) is 41.0 Å². The fraction of sp³-hybridized carbons (Fsp3) is 0.533. The number of benzene rings is 1. The quantitative estimate of drug-likeness (QED) is 0.701. The van der Waals surface area contributed by atoms with E-state index in [2.05, 4.69) is 5.32 Å². The lowest BCUT2D eigenvalue weighted by Crippen LogP contribution is -2.23. The van der Waals surface area contributed by atoms with Gasteiger partial charge < -0.3 is 19.7 Å². The second kappa shape index (κ2) is 9.31. The number of ether oxygens (including phenoxy) is 2. The monoisotopic (exact) mass is 298 g/mol. The number of nitrogens with zero attached hydrogens (tertiary/aromatic N) is 1. The van der Waals surface area contributed by atoms with Gasteiger partial charge in [-0.15, -0.1) is 0 Å². The molecule has 1 N–H and O–H groups in total. The van der Waals surface area contributed by atoms with E-state index in [1.54, 1.807) is 27.3 Å². The smallest absolute Gasteiger partial charge is 0.225 e. The zero-order valence-corrected chi connectivity index (χ0v) is 12.8. The highest BCUT2D eigenvalue weighted by Gasteiger charge is 2.06. The molecule has 0 fully saturated rings. The summed E-state index contributed by atoms with van der Waals surface area (Å²) >= 11 is 0. The number of hydrogen-bond donors (Lipinski definition) is 1. The lowest BCUT2D eigenvalue weighted by atomic mass is 10.2. The molecule has 21 heavy (non-hydrogen) atoms. The molecule has 1 aromatic carbocycles. The molecule has 0 saturated carbocycles. The van der Waals surface area contributed by atoms with Crippen LogP contribution in [0.2, 0.25) is 0 Å². The van der Waals surface area contributed by atoms with Gasteiger partial charge >= 0.3 is 0 Å². The molecule has 0 radical (unpaired) electrons. The van der Waals surface area contributed by atoms with Crippen molar-refractivity contribution in [2.45, 2.75) is 13.0 Å². The van der Waals surface area contributed by atoms with Crippen molar-refractivity contribution in [3.63, 3.8) is 0 Å². The van der Waals surface area contributed by atoms with E-state index in [1.165, 1.54) is 17.0 Å². The molecule has 5 nitrogen and oxygen atoms in total. The van der Waals surface area contributed by atoms with Crippen LogP contribution in [0.15, 0.2) is 18.2 Å². The molecule has 6 heteroatoms. The highest BCUT2D eigenvalue weighted by Crippen LogP contribution is 2.16. The van der Waals surface area contributed by atoms with Crippen LogP contribution in [-0.2, 0) is 16.1 Å². The summed E-state index contributed by atoms with van der Waals surface area (Å²) in [7, 11) is 5.01. The fourth-order valence-corrected chi connectivity index (χ4v) is 1.69. The third-order valence-corrected chi connectivity index (χ3v) is 2.83. The Balaban J connectivity index is 2.47. The number of carbonyl (C=O) groups excluding carboxylic acids is 1. The van der Waals surface area contributed by atoms with E-state index in [9.17, 15) is 9.18 Å². The third-order valence-electron chi connectivity index (χ3n) is 2.83. The maximum atomic E-state index is 13.5. The van der Waals surface area contributed by atoms with Crippen LogP contribution >= 0.6 is 0 Å². The van der Waals surface area contributed by atoms with Crippen LogP contribution in [-0.4, -0.2) is 51.8 Å². The number of methoxy groups -OCH3 is 1. The van der Waals surface area contributed by atoms with E-state index in [0.717, 1.165) is 5.56 Å². The first-order valence-electron chi connectivity index (χ1n) is 6.85. The fourth-order valence-electron chi connectivity index (χ4n) is 1.69. The Kier molecular flexibility index (Phi) is 7.71. The van der Waals surface area contributed by atoms with E-state index in [4.69, 9.17) is 9.47 Å². The first-order chi connectivity index (χ1) is 10.0. The molecule has 1 rings (SSSR count). The number of rotatable bonds is 9. The average Bonchev–Trinajstić information content (AvgIpc) is 2.43. The predicted molar refractivity (Wildman–Crippen MR) is 78.8 cm³/mol. The van der Waals surface area contributed by atoms with Crippen LogP contribution in [0.3, 0.4) is 0 Å². The van der Waals surface area contributed by atoms with Gasteiger partial charge in [0.25, 0.3) is 0 Å². The highest BCUT2D eigenvalue weighted by atomic mass is 19.1. The van der Waals surface area contributed by atoms with Gasteiger partial charge in [0.15, 0.2) is 0 Å². The van der Waals surface area contributed by atoms with E-state index in [-0.39, 0.29) is 24.8 Å². The summed E-state index contributed by atoms with van der Waals surface area (Å²) in [4.78, 5) is 12.9. The molecule has 0 saturated heterocycles.